The molecule has 0 unspecified atom stereocenters. The fraction of sp³-hybridized carbons (Fsp3) is 0.435. The van der Waals surface area contributed by atoms with Crippen molar-refractivity contribution in [2.24, 2.45) is 0 Å². The lowest BCUT2D eigenvalue weighted by Crippen LogP contribution is -2.47. The van der Waals surface area contributed by atoms with Gasteiger partial charge in [0.15, 0.2) is 11.5 Å². The van der Waals surface area contributed by atoms with Gasteiger partial charge in [-0.2, -0.15) is 0 Å². The van der Waals surface area contributed by atoms with Crippen molar-refractivity contribution in [2.75, 3.05) is 57.4 Å². The fourth-order valence-corrected chi connectivity index (χ4v) is 4.17. The van der Waals surface area contributed by atoms with Gasteiger partial charge in [0.25, 0.3) is 0 Å². The van der Waals surface area contributed by atoms with Gasteiger partial charge in [-0.05, 0) is 42.8 Å². The Hall–Kier alpha value is -2.64. The van der Waals surface area contributed by atoms with Crippen molar-refractivity contribution in [2.45, 2.75) is 13.0 Å². The number of ether oxygens (including phenoxy) is 2. The summed E-state index contributed by atoms with van der Waals surface area (Å²) < 4.78 is 11.1. The summed E-state index contributed by atoms with van der Waals surface area (Å²) in [4.78, 5) is 17.0. The van der Waals surface area contributed by atoms with E-state index < -0.39 is 0 Å². The molecule has 1 saturated heterocycles. The summed E-state index contributed by atoms with van der Waals surface area (Å²) in [7, 11) is 0. The Morgan fingerprint density at radius 3 is 2.58 bits per heavy atom. The van der Waals surface area contributed by atoms with E-state index in [-0.39, 0.29) is 6.03 Å². The SMILES string of the molecule is O=C(NCCCN1CCN(c2ccccc2)CC1)NCc1cc(Cl)c2c(c1)OCCO2. The van der Waals surface area contributed by atoms with Crippen LogP contribution in [-0.2, 0) is 6.54 Å². The Bertz CT molecular complexity index is 873. The monoisotopic (exact) mass is 444 g/mol. The number of benzene rings is 2. The number of rotatable bonds is 7. The Balaban J connectivity index is 1.11. The first-order valence-electron chi connectivity index (χ1n) is 10.8. The molecule has 2 heterocycles. The Kier molecular flexibility index (Phi) is 7.38. The van der Waals surface area contributed by atoms with Crippen LogP contribution < -0.4 is 25.0 Å². The van der Waals surface area contributed by atoms with E-state index in [9.17, 15) is 4.79 Å². The van der Waals surface area contributed by atoms with Crippen LogP contribution in [0.2, 0.25) is 5.02 Å². The molecule has 166 valence electrons. The summed E-state index contributed by atoms with van der Waals surface area (Å²) in [5.74, 6) is 1.20. The molecule has 8 heteroatoms. The van der Waals surface area contributed by atoms with Gasteiger partial charge in [-0.25, -0.2) is 4.79 Å². The highest BCUT2D eigenvalue weighted by atomic mass is 35.5. The first kappa shape index (κ1) is 21.6. The number of anilines is 1. The molecular formula is C23H29ClN4O3. The van der Waals surface area contributed by atoms with Crippen LogP contribution in [0.25, 0.3) is 0 Å². The zero-order valence-corrected chi connectivity index (χ0v) is 18.4. The molecule has 2 aliphatic heterocycles. The number of nitrogens with zero attached hydrogens (tertiary/aromatic N) is 2. The van der Waals surface area contributed by atoms with Crippen LogP contribution >= 0.6 is 11.6 Å². The lowest BCUT2D eigenvalue weighted by atomic mass is 10.2. The van der Waals surface area contributed by atoms with Gasteiger partial charge in [0.2, 0.25) is 0 Å². The number of hydrogen-bond donors (Lipinski definition) is 2. The fourth-order valence-electron chi connectivity index (χ4n) is 3.88. The van der Waals surface area contributed by atoms with Crippen molar-refractivity contribution in [3.8, 4) is 11.5 Å². The Morgan fingerprint density at radius 1 is 1.00 bits per heavy atom. The number of carbonyl (C=O) groups is 1. The van der Waals surface area contributed by atoms with Gasteiger partial charge in [0.1, 0.15) is 13.2 Å². The van der Waals surface area contributed by atoms with Crippen LogP contribution in [0.3, 0.4) is 0 Å². The minimum atomic E-state index is -0.181. The zero-order valence-electron chi connectivity index (χ0n) is 17.6. The van der Waals surface area contributed by atoms with Gasteiger partial charge >= 0.3 is 6.03 Å². The molecule has 2 aromatic rings. The quantitative estimate of drug-likeness (QED) is 0.642. The number of piperazine rings is 1. The highest BCUT2D eigenvalue weighted by Gasteiger charge is 2.18. The third-order valence-corrected chi connectivity index (χ3v) is 5.82. The van der Waals surface area contributed by atoms with E-state index >= 15 is 0 Å². The zero-order chi connectivity index (χ0) is 21.5. The highest BCUT2D eigenvalue weighted by molar-refractivity contribution is 6.32. The number of para-hydroxylation sites is 1. The molecule has 0 spiro atoms. The van der Waals surface area contributed by atoms with E-state index in [4.69, 9.17) is 21.1 Å². The van der Waals surface area contributed by atoms with E-state index in [1.807, 2.05) is 12.1 Å². The minimum Gasteiger partial charge on any atom is -0.486 e. The topological polar surface area (TPSA) is 66.1 Å². The molecule has 1 fully saturated rings. The van der Waals surface area contributed by atoms with E-state index in [1.165, 1.54) is 5.69 Å². The number of hydrogen-bond acceptors (Lipinski definition) is 5. The van der Waals surface area contributed by atoms with E-state index in [0.717, 1.165) is 44.7 Å². The molecule has 0 saturated carbocycles. The molecule has 0 bridgehead atoms. The molecule has 0 radical (unpaired) electrons. The second kappa shape index (κ2) is 10.6. The van der Waals surface area contributed by atoms with Crippen molar-refractivity contribution in [3.05, 3.63) is 53.1 Å². The summed E-state index contributed by atoms with van der Waals surface area (Å²) in [5, 5.41) is 6.30. The predicted octanol–water partition coefficient (Wildman–Crippen LogP) is 3.12. The van der Waals surface area contributed by atoms with Crippen LogP contribution in [0.15, 0.2) is 42.5 Å². The molecule has 2 aliphatic rings. The number of urea groups is 1. The van der Waals surface area contributed by atoms with Gasteiger partial charge in [-0.15, -0.1) is 0 Å². The highest BCUT2D eigenvalue weighted by Crippen LogP contribution is 2.38. The standard InChI is InChI=1S/C23H29ClN4O3/c24-20-15-18(16-21-22(20)31-14-13-30-21)17-26-23(29)25-7-4-8-27-9-11-28(12-10-27)19-5-2-1-3-6-19/h1-3,5-6,15-16H,4,7-14,17H2,(H2,25,26,29). The molecular weight excluding hydrogens is 416 g/mol. The van der Waals surface area contributed by atoms with Crippen LogP contribution in [0.1, 0.15) is 12.0 Å². The molecule has 2 aromatic carbocycles. The van der Waals surface area contributed by atoms with Gasteiger partial charge in [0, 0.05) is 45.0 Å². The second-order valence-corrected chi connectivity index (χ2v) is 8.14. The average Bonchev–Trinajstić information content (AvgIpc) is 2.81. The first-order valence-corrected chi connectivity index (χ1v) is 11.2. The van der Waals surface area contributed by atoms with Gasteiger partial charge < -0.3 is 25.0 Å². The average molecular weight is 445 g/mol. The maximum absolute atomic E-state index is 12.1. The molecule has 0 atom stereocenters. The summed E-state index contributed by atoms with van der Waals surface area (Å²) in [5.41, 5.74) is 2.17. The van der Waals surface area contributed by atoms with Crippen molar-refractivity contribution in [1.82, 2.24) is 15.5 Å². The molecule has 2 N–H and O–H groups in total. The third kappa shape index (κ3) is 5.95. The van der Waals surface area contributed by atoms with Crippen LogP contribution in [-0.4, -0.2) is 63.4 Å². The van der Waals surface area contributed by atoms with Gasteiger partial charge in [-0.1, -0.05) is 29.8 Å². The summed E-state index contributed by atoms with van der Waals surface area (Å²) >= 11 is 6.24. The first-order chi connectivity index (χ1) is 15.2. The van der Waals surface area contributed by atoms with Gasteiger partial charge in [-0.3, -0.25) is 4.90 Å². The lowest BCUT2D eigenvalue weighted by Gasteiger charge is -2.36. The minimum absolute atomic E-state index is 0.181. The maximum atomic E-state index is 12.1. The van der Waals surface area contributed by atoms with Crippen molar-refractivity contribution in [3.63, 3.8) is 0 Å². The molecule has 2 amide bonds. The van der Waals surface area contributed by atoms with Crippen LogP contribution in [0.4, 0.5) is 10.5 Å². The Morgan fingerprint density at radius 2 is 1.77 bits per heavy atom. The third-order valence-electron chi connectivity index (χ3n) is 5.54. The summed E-state index contributed by atoms with van der Waals surface area (Å²) in [6, 6.07) is 14.0. The van der Waals surface area contributed by atoms with E-state index in [2.05, 4.69) is 44.7 Å². The lowest BCUT2D eigenvalue weighted by molar-refractivity contribution is 0.171. The number of carbonyl (C=O) groups excluding carboxylic acids is 1. The largest absolute Gasteiger partial charge is 0.486 e. The summed E-state index contributed by atoms with van der Waals surface area (Å²) in [6.07, 6.45) is 0.925. The van der Waals surface area contributed by atoms with Crippen LogP contribution in [0, 0.1) is 0 Å². The number of fused-ring (bicyclic) bond motifs is 1. The molecule has 31 heavy (non-hydrogen) atoms. The molecule has 0 aromatic heterocycles. The second-order valence-electron chi connectivity index (χ2n) is 7.73. The maximum Gasteiger partial charge on any atom is 0.315 e. The normalized spacial score (nSPS) is 16.1. The molecule has 7 nitrogen and oxygen atoms in total. The van der Waals surface area contributed by atoms with Crippen molar-refractivity contribution in [1.29, 1.82) is 0 Å². The summed E-state index contributed by atoms with van der Waals surface area (Å²) in [6.45, 7) is 7.18. The number of halogens is 1. The molecule has 4 rings (SSSR count). The van der Waals surface area contributed by atoms with E-state index in [1.54, 1.807) is 6.07 Å². The number of nitrogens with one attached hydrogen (secondary N) is 2. The Labute approximate surface area is 188 Å². The molecule has 0 aliphatic carbocycles. The van der Waals surface area contributed by atoms with Crippen molar-refractivity contribution >= 4 is 23.3 Å². The van der Waals surface area contributed by atoms with E-state index in [0.29, 0.717) is 42.8 Å². The van der Waals surface area contributed by atoms with Crippen molar-refractivity contribution < 1.29 is 14.3 Å². The smallest absolute Gasteiger partial charge is 0.315 e. The van der Waals surface area contributed by atoms with Crippen LogP contribution in [0.5, 0.6) is 11.5 Å². The predicted molar refractivity (Wildman–Crippen MR) is 122 cm³/mol. The van der Waals surface area contributed by atoms with Gasteiger partial charge in [0.05, 0.1) is 5.02 Å². The number of amides is 2.